The van der Waals surface area contributed by atoms with Gasteiger partial charge in [0.15, 0.2) is 0 Å². The molecule has 2 aromatic heterocycles. The number of pyridine rings is 1. The molecule has 3 heterocycles. The van der Waals surface area contributed by atoms with E-state index in [1.165, 1.54) is 0 Å². The molecule has 0 bridgehead atoms. The van der Waals surface area contributed by atoms with E-state index >= 15 is 0 Å². The highest BCUT2D eigenvalue weighted by Crippen LogP contribution is 2.26. The van der Waals surface area contributed by atoms with Crippen LogP contribution in [0.4, 0.5) is 11.6 Å². The minimum absolute atomic E-state index is 0.132. The highest BCUT2D eigenvalue weighted by atomic mass is 16.2. The molecule has 26 heavy (non-hydrogen) atoms. The Bertz CT molecular complexity index is 778. The molecule has 1 fully saturated rings. The summed E-state index contributed by atoms with van der Waals surface area (Å²) in [5, 5.41) is 6.20. The maximum Gasteiger partial charge on any atom is 0.236 e. The van der Waals surface area contributed by atoms with Gasteiger partial charge in [0.2, 0.25) is 5.91 Å². The van der Waals surface area contributed by atoms with Gasteiger partial charge in [-0.3, -0.25) is 4.79 Å². The molecule has 1 amide bonds. The van der Waals surface area contributed by atoms with Gasteiger partial charge in [-0.25, -0.2) is 15.0 Å². The Morgan fingerprint density at radius 1 is 1.19 bits per heavy atom. The van der Waals surface area contributed by atoms with Crippen LogP contribution in [-0.4, -0.2) is 52.4 Å². The van der Waals surface area contributed by atoms with Crippen molar-refractivity contribution in [3.63, 3.8) is 0 Å². The van der Waals surface area contributed by atoms with Crippen molar-refractivity contribution in [1.82, 2.24) is 25.2 Å². The van der Waals surface area contributed by atoms with E-state index < -0.39 is 0 Å². The van der Waals surface area contributed by atoms with Crippen LogP contribution < -0.4 is 10.6 Å². The number of nitrogens with zero attached hydrogens (tertiary/aromatic N) is 4. The lowest BCUT2D eigenvalue weighted by molar-refractivity contribution is -0.131. The van der Waals surface area contributed by atoms with Crippen molar-refractivity contribution in [2.75, 3.05) is 32.0 Å². The largest absolute Gasteiger partial charge is 0.341 e. The normalized spacial score (nSPS) is 17.2. The van der Waals surface area contributed by atoms with Gasteiger partial charge in [0, 0.05) is 36.5 Å². The summed E-state index contributed by atoms with van der Waals surface area (Å²) in [4.78, 5) is 27.9. The molecule has 0 saturated carbocycles. The Morgan fingerprint density at radius 3 is 2.81 bits per heavy atom. The fraction of sp³-hybridized carbons (Fsp3) is 0.474. The van der Waals surface area contributed by atoms with E-state index in [1.54, 1.807) is 7.05 Å². The van der Waals surface area contributed by atoms with Crippen LogP contribution >= 0.6 is 0 Å². The molecule has 1 atom stereocenters. The van der Waals surface area contributed by atoms with E-state index in [0.717, 1.165) is 48.2 Å². The molecule has 1 aliphatic rings. The predicted molar refractivity (Wildman–Crippen MR) is 102 cm³/mol. The van der Waals surface area contributed by atoms with Crippen LogP contribution in [0.25, 0.3) is 0 Å². The molecule has 0 unspecified atom stereocenters. The van der Waals surface area contributed by atoms with Crippen LogP contribution in [0.5, 0.6) is 0 Å². The topological polar surface area (TPSA) is 83.0 Å². The minimum Gasteiger partial charge on any atom is -0.341 e. The maximum atomic E-state index is 12.2. The Morgan fingerprint density at radius 2 is 2.04 bits per heavy atom. The molecule has 3 rings (SSSR count). The Labute approximate surface area is 154 Å². The molecule has 0 aromatic carbocycles. The summed E-state index contributed by atoms with van der Waals surface area (Å²) in [6, 6.07) is 7.76. The smallest absolute Gasteiger partial charge is 0.236 e. The van der Waals surface area contributed by atoms with E-state index in [9.17, 15) is 4.79 Å². The standard InChI is InChI=1S/C19H26N6O/c1-13-6-4-8-16(21-13)23-17-10-14(2)22-19(24-17)15-7-5-9-25(12-15)18(26)11-20-3/h4,6,8,10,15,20H,5,7,9,11-12H2,1-3H3,(H,21,22,23,24)/t15-/m0/s1. The number of amides is 1. The molecule has 0 aliphatic carbocycles. The van der Waals surface area contributed by atoms with E-state index in [1.807, 2.05) is 43.0 Å². The number of aryl methyl sites for hydroxylation is 2. The van der Waals surface area contributed by atoms with Gasteiger partial charge in [0.1, 0.15) is 17.5 Å². The first-order valence-electron chi connectivity index (χ1n) is 9.04. The highest BCUT2D eigenvalue weighted by molar-refractivity contribution is 5.78. The zero-order valence-electron chi connectivity index (χ0n) is 15.6. The summed E-state index contributed by atoms with van der Waals surface area (Å²) < 4.78 is 0. The average molecular weight is 354 g/mol. The van der Waals surface area contributed by atoms with Gasteiger partial charge in [-0.1, -0.05) is 6.07 Å². The van der Waals surface area contributed by atoms with Crippen molar-refractivity contribution in [2.24, 2.45) is 0 Å². The first-order valence-corrected chi connectivity index (χ1v) is 9.04. The number of anilines is 2. The van der Waals surface area contributed by atoms with Crippen LogP contribution in [0.1, 0.15) is 36.0 Å². The number of nitrogens with one attached hydrogen (secondary N) is 2. The third-order valence-electron chi connectivity index (χ3n) is 4.48. The molecule has 7 heteroatoms. The zero-order valence-corrected chi connectivity index (χ0v) is 15.6. The van der Waals surface area contributed by atoms with Crippen molar-refractivity contribution < 1.29 is 4.79 Å². The van der Waals surface area contributed by atoms with E-state index in [2.05, 4.69) is 20.6 Å². The number of hydrogen-bond donors (Lipinski definition) is 2. The monoisotopic (exact) mass is 354 g/mol. The van der Waals surface area contributed by atoms with Crippen LogP contribution in [0, 0.1) is 13.8 Å². The molecule has 2 aromatic rings. The maximum absolute atomic E-state index is 12.2. The third kappa shape index (κ3) is 4.54. The lowest BCUT2D eigenvalue weighted by atomic mass is 9.97. The van der Waals surface area contributed by atoms with Crippen LogP contribution in [0.3, 0.4) is 0 Å². The summed E-state index contributed by atoms with van der Waals surface area (Å²) in [7, 11) is 1.79. The fourth-order valence-electron chi connectivity index (χ4n) is 3.26. The first-order chi connectivity index (χ1) is 12.5. The average Bonchev–Trinajstić information content (AvgIpc) is 2.61. The Kier molecular flexibility index (Phi) is 5.78. The molecule has 0 spiro atoms. The summed E-state index contributed by atoms with van der Waals surface area (Å²) >= 11 is 0. The first kappa shape index (κ1) is 18.3. The van der Waals surface area contributed by atoms with Gasteiger partial charge < -0.3 is 15.5 Å². The lowest BCUT2D eigenvalue weighted by Crippen LogP contribution is -2.43. The number of hydrogen-bond acceptors (Lipinski definition) is 6. The minimum atomic E-state index is 0.132. The SMILES string of the molecule is CNCC(=O)N1CCC[C@H](c2nc(C)cc(Nc3cccc(C)n3)n2)C1. The molecule has 7 nitrogen and oxygen atoms in total. The Hall–Kier alpha value is -2.54. The van der Waals surface area contributed by atoms with Crippen LogP contribution in [0.15, 0.2) is 24.3 Å². The van der Waals surface area contributed by atoms with Crippen molar-refractivity contribution in [3.8, 4) is 0 Å². The summed E-state index contributed by atoms with van der Waals surface area (Å²) in [6.07, 6.45) is 1.97. The van der Waals surface area contributed by atoms with Crippen molar-refractivity contribution in [1.29, 1.82) is 0 Å². The summed E-state index contributed by atoms with van der Waals surface area (Å²) in [5.74, 6) is 2.59. The lowest BCUT2D eigenvalue weighted by Gasteiger charge is -2.32. The predicted octanol–water partition coefficient (Wildman–Crippen LogP) is 2.16. The van der Waals surface area contributed by atoms with Gasteiger partial charge >= 0.3 is 0 Å². The molecule has 2 N–H and O–H groups in total. The van der Waals surface area contributed by atoms with Gasteiger partial charge in [-0.05, 0) is 45.9 Å². The highest BCUT2D eigenvalue weighted by Gasteiger charge is 2.26. The number of likely N-dealkylation sites (tertiary alicyclic amines) is 1. The zero-order chi connectivity index (χ0) is 18.5. The number of carbonyl (C=O) groups excluding carboxylic acids is 1. The number of rotatable bonds is 5. The second kappa shape index (κ2) is 8.23. The van der Waals surface area contributed by atoms with Gasteiger partial charge in [0.05, 0.1) is 6.54 Å². The Balaban J connectivity index is 1.77. The third-order valence-corrected chi connectivity index (χ3v) is 4.48. The molecular weight excluding hydrogens is 328 g/mol. The van der Waals surface area contributed by atoms with E-state index in [4.69, 9.17) is 4.98 Å². The van der Waals surface area contributed by atoms with E-state index in [0.29, 0.717) is 13.1 Å². The summed E-state index contributed by atoms with van der Waals surface area (Å²) in [5.41, 5.74) is 1.86. The molecule has 138 valence electrons. The van der Waals surface area contributed by atoms with Gasteiger partial charge in [-0.15, -0.1) is 0 Å². The van der Waals surface area contributed by atoms with Crippen molar-refractivity contribution in [2.45, 2.75) is 32.6 Å². The van der Waals surface area contributed by atoms with Crippen LogP contribution in [-0.2, 0) is 4.79 Å². The molecule has 0 radical (unpaired) electrons. The number of piperidine rings is 1. The quantitative estimate of drug-likeness (QED) is 0.856. The van der Waals surface area contributed by atoms with Crippen LogP contribution in [0.2, 0.25) is 0 Å². The number of likely N-dealkylation sites (N-methyl/N-ethyl adjacent to an activating group) is 1. The molecular formula is C19H26N6O. The fourth-order valence-corrected chi connectivity index (χ4v) is 3.26. The van der Waals surface area contributed by atoms with Crippen molar-refractivity contribution >= 4 is 17.5 Å². The van der Waals surface area contributed by atoms with Gasteiger partial charge in [0.25, 0.3) is 0 Å². The van der Waals surface area contributed by atoms with E-state index in [-0.39, 0.29) is 11.8 Å². The molecule has 1 saturated heterocycles. The number of aromatic nitrogens is 3. The van der Waals surface area contributed by atoms with Gasteiger partial charge in [-0.2, -0.15) is 0 Å². The summed E-state index contributed by atoms with van der Waals surface area (Å²) in [6.45, 7) is 5.77. The van der Waals surface area contributed by atoms with Crippen molar-refractivity contribution in [3.05, 3.63) is 41.5 Å². The molecule has 1 aliphatic heterocycles. The number of carbonyl (C=O) groups is 1. The second-order valence-electron chi connectivity index (χ2n) is 6.75. The second-order valence-corrected chi connectivity index (χ2v) is 6.75.